The monoisotopic (exact) mass is 392 g/mol. The molecule has 0 fully saturated rings. The molecule has 2 aromatic carbocycles. The number of amides is 1. The molecule has 2 aromatic rings. The molecule has 0 heterocycles. The summed E-state index contributed by atoms with van der Waals surface area (Å²) >= 11 is 0. The van der Waals surface area contributed by atoms with Crippen LogP contribution in [0.1, 0.15) is 26.7 Å². The topological polar surface area (TPSA) is 93.7 Å². The SMILES string of the molecule is CCCC(=O)Nc1ccc(OC)c(S(=O)(=O)Nc2ccc(OCC)cc2)c1. The van der Waals surface area contributed by atoms with Crippen LogP contribution < -0.4 is 19.5 Å². The van der Waals surface area contributed by atoms with Crippen molar-refractivity contribution in [1.29, 1.82) is 0 Å². The number of anilines is 2. The van der Waals surface area contributed by atoms with Crippen molar-refractivity contribution in [1.82, 2.24) is 0 Å². The Kier molecular flexibility index (Phi) is 7.06. The van der Waals surface area contributed by atoms with Gasteiger partial charge in [-0.1, -0.05) is 6.92 Å². The van der Waals surface area contributed by atoms with E-state index >= 15 is 0 Å². The second kappa shape index (κ2) is 9.27. The van der Waals surface area contributed by atoms with Gasteiger partial charge in [0, 0.05) is 17.8 Å². The first kappa shape index (κ1) is 20.6. The lowest BCUT2D eigenvalue weighted by atomic mass is 10.2. The Labute approximate surface area is 159 Å². The van der Waals surface area contributed by atoms with Crippen molar-refractivity contribution in [3.8, 4) is 11.5 Å². The van der Waals surface area contributed by atoms with Gasteiger partial charge in [0.25, 0.3) is 10.0 Å². The molecular formula is C19H24N2O5S. The minimum absolute atomic E-state index is 0.0619. The van der Waals surface area contributed by atoms with Crippen molar-refractivity contribution in [2.75, 3.05) is 23.8 Å². The first-order valence-corrected chi connectivity index (χ1v) is 10.1. The second-order valence-corrected chi connectivity index (χ2v) is 7.38. The van der Waals surface area contributed by atoms with Gasteiger partial charge in [0.05, 0.1) is 13.7 Å². The minimum Gasteiger partial charge on any atom is -0.495 e. The Morgan fingerprint density at radius 3 is 2.30 bits per heavy atom. The predicted octanol–water partition coefficient (Wildman–Crippen LogP) is 3.63. The van der Waals surface area contributed by atoms with Gasteiger partial charge in [-0.3, -0.25) is 9.52 Å². The fourth-order valence-electron chi connectivity index (χ4n) is 2.41. The summed E-state index contributed by atoms with van der Waals surface area (Å²) in [6.07, 6.45) is 1.06. The van der Waals surface area contributed by atoms with Crippen molar-refractivity contribution >= 4 is 27.3 Å². The lowest BCUT2D eigenvalue weighted by Crippen LogP contribution is -2.16. The minimum atomic E-state index is -3.92. The highest BCUT2D eigenvalue weighted by Crippen LogP contribution is 2.29. The first-order valence-electron chi connectivity index (χ1n) is 8.63. The molecule has 0 aliphatic carbocycles. The van der Waals surface area contributed by atoms with Gasteiger partial charge in [0.1, 0.15) is 16.4 Å². The molecule has 8 heteroatoms. The summed E-state index contributed by atoms with van der Waals surface area (Å²) < 4.78 is 38.7. The zero-order valence-corrected chi connectivity index (χ0v) is 16.4. The maximum Gasteiger partial charge on any atom is 0.265 e. The molecule has 146 valence electrons. The third-order valence-electron chi connectivity index (χ3n) is 3.63. The number of rotatable bonds is 9. The molecule has 0 aliphatic heterocycles. The molecule has 0 aromatic heterocycles. The molecular weight excluding hydrogens is 368 g/mol. The number of nitrogens with one attached hydrogen (secondary N) is 2. The first-order chi connectivity index (χ1) is 12.9. The van der Waals surface area contributed by atoms with E-state index in [1.54, 1.807) is 30.3 Å². The fourth-order valence-corrected chi connectivity index (χ4v) is 3.67. The molecule has 0 aliphatic rings. The maximum absolute atomic E-state index is 12.8. The summed E-state index contributed by atoms with van der Waals surface area (Å²) in [6.45, 7) is 4.29. The van der Waals surface area contributed by atoms with E-state index in [0.717, 1.165) is 0 Å². The van der Waals surface area contributed by atoms with Crippen LogP contribution in [0.4, 0.5) is 11.4 Å². The van der Waals surface area contributed by atoms with Crippen LogP contribution in [0.2, 0.25) is 0 Å². The number of carbonyl (C=O) groups excluding carboxylic acids is 1. The van der Waals surface area contributed by atoms with Crippen LogP contribution in [0.15, 0.2) is 47.4 Å². The van der Waals surface area contributed by atoms with Gasteiger partial charge < -0.3 is 14.8 Å². The summed E-state index contributed by atoms with van der Waals surface area (Å²) in [5, 5.41) is 2.69. The van der Waals surface area contributed by atoms with Gasteiger partial charge in [-0.2, -0.15) is 0 Å². The fraction of sp³-hybridized carbons (Fsp3) is 0.316. The molecule has 0 saturated carbocycles. The van der Waals surface area contributed by atoms with Crippen molar-refractivity contribution in [2.24, 2.45) is 0 Å². The summed E-state index contributed by atoms with van der Waals surface area (Å²) in [6, 6.07) is 11.1. The number of ether oxygens (including phenoxy) is 2. The lowest BCUT2D eigenvalue weighted by molar-refractivity contribution is -0.116. The van der Waals surface area contributed by atoms with E-state index in [2.05, 4.69) is 10.0 Å². The zero-order chi connectivity index (χ0) is 19.9. The Morgan fingerprint density at radius 2 is 1.70 bits per heavy atom. The number of benzene rings is 2. The average molecular weight is 392 g/mol. The van der Waals surface area contributed by atoms with Gasteiger partial charge in [0.15, 0.2) is 0 Å². The van der Waals surface area contributed by atoms with E-state index in [1.165, 1.54) is 19.2 Å². The number of carbonyl (C=O) groups is 1. The molecule has 7 nitrogen and oxygen atoms in total. The summed E-state index contributed by atoms with van der Waals surface area (Å²) in [7, 11) is -2.53. The molecule has 0 atom stereocenters. The normalized spacial score (nSPS) is 10.9. The van der Waals surface area contributed by atoms with Gasteiger partial charge in [-0.25, -0.2) is 8.42 Å². The van der Waals surface area contributed by atoms with Crippen LogP contribution >= 0.6 is 0 Å². The standard InChI is InChI=1S/C19H24N2O5S/c1-4-6-19(22)20-15-9-12-17(25-3)18(13-15)27(23,24)21-14-7-10-16(11-8-14)26-5-2/h7-13,21H,4-6H2,1-3H3,(H,20,22). The zero-order valence-electron chi connectivity index (χ0n) is 15.6. The molecule has 0 unspecified atom stereocenters. The van der Waals surface area contributed by atoms with Crippen molar-refractivity contribution in [3.63, 3.8) is 0 Å². The van der Waals surface area contributed by atoms with Crippen LogP contribution in [0, 0.1) is 0 Å². The Morgan fingerprint density at radius 1 is 1.04 bits per heavy atom. The predicted molar refractivity (Wildman–Crippen MR) is 105 cm³/mol. The summed E-state index contributed by atoms with van der Waals surface area (Å²) in [5.41, 5.74) is 0.780. The van der Waals surface area contributed by atoms with E-state index < -0.39 is 10.0 Å². The maximum atomic E-state index is 12.8. The number of methoxy groups -OCH3 is 1. The van der Waals surface area contributed by atoms with Gasteiger partial charge in [0.2, 0.25) is 5.91 Å². The molecule has 0 saturated heterocycles. The number of hydrogen-bond acceptors (Lipinski definition) is 5. The van der Waals surface area contributed by atoms with Crippen LogP contribution in [-0.4, -0.2) is 28.0 Å². The summed E-state index contributed by atoms with van der Waals surface area (Å²) in [4.78, 5) is 11.7. The third-order valence-corrected chi connectivity index (χ3v) is 5.03. The third kappa shape index (κ3) is 5.62. The molecule has 1 amide bonds. The van der Waals surface area contributed by atoms with Gasteiger partial charge in [-0.05, 0) is 55.8 Å². The van der Waals surface area contributed by atoms with E-state index in [0.29, 0.717) is 36.6 Å². The molecule has 27 heavy (non-hydrogen) atoms. The average Bonchev–Trinajstić information content (AvgIpc) is 2.63. The number of sulfonamides is 1. The highest BCUT2D eigenvalue weighted by Gasteiger charge is 2.21. The molecule has 2 rings (SSSR count). The number of hydrogen-bond donors (Lipinski definition) is 2. The van der Waals surface area contributed by atoms with E-state index in [1.807, 2.05) is 13.8 Å². The highest BCUT2D eigenvalue weighted by molar-refractivity contribution is 7.92. The van der Waals surface area contributed by atoms with Crippen LogP contribution in [-0.2, 0) is 14.8 Å². The van der Waals surface area contributed by atoms with E-state index in [9.17, 15) is 13.2 Å². The molecule has 2 N–H and O–H groups in total. The van der Waals surface area contributed by atoms with Crippen molar-refractivity contribution in [2.45, 2.75) is 31.6 Å². The van der Waals surface area contributed by atoms with E-state index in [4.69, 9.17) is 9.47 Å². The second-order valence-electron chi connectivity index (χ2n) is 5.73. The van der Waals surface area contributed by atoms with Gasteiger partial charge >= 0.3 is 0 Å². The largest absolute Gasteiger partial charge is 0.495 e. The molecule has 0 spiro atoms. The molecule has 0 bridgehead atoms. The smallest absolute Gasteiger partial charge is 0.265 e. The summed E-state index contributed by atoms with van der Waals surface area (Å²) in [5.74, 6) is 0.658. The van der Waals surface area contributed by atoms with Crippen LogP contribution in [0.25, 0.3) is 0 Å². The Hall–Kier alpha value is -2.74. The lowest BCUT2D eigenvalue weighted by Gasteiger charge is -2.14. The van der Waals surface area contributed by atoms with E-state index in [-0.39, 0.29) is 16.6 Å². The molecule has 0 radical (unpaired) electrons. The Bertz CT molecular complexity index is 879. The quantitative estimate of drug-likeness (QED) is 0.680. The van der Waals surface area contributed by atoms with Crippen molar-refractivity contribution < 1.29 is 22.7 Å². The highest BCUT2D eigenvalue weighted by atomic mass is 32.2. The van der Waals surface area contributed by atoms with Crippen molar-refractivity contribution in [3.05, 3.63) is 42.5 Å². The Balaban J connectivity index is 2.28. The van der Waals surface area contributed by atoms with Gasteiger partial charge in [-0.15, -0.1) is 0 Å². The van der Waals surface area contributed by atoms with Crippen LogP contribution in [0.3, 0.4) is 0 Å². The van der Waals surface area contributed by atoms with Crippen LogP contribution in [0.5, 0.6) is 11.5 Å².